The van der Waals surface area contributed by atoms with Crippen molar-refractivity contribution in [1.29, 1.82) is 0 Å². The van der Waals surface area contributed by atoms with Crippen LogP contribution in [0.2, 0.25) is 0 Å². The summed E-state index contributed by atoms with van der Waals surface area (Å²) in [5, 5.41) is 12.3. The fourth-order valence-corrected chi connectivity index (χ4v) is 3.66. The molecule has 0 radical (unpaired) electrons. The van der Waals surface area contributed by atoms with Crippen LogP contribution in [0.25, 0.3) is 10.9 Å². The summed E-state index contributed by atoms with van der Waals surface area (Å²) in [7, 11) is 0. The lowest BCUT2D eigenvalue weighted by Crippen LogP contribution is -2.27. The normalized spacial score (nSPS) is 13.2. The summed E-state index contributed by atoms with van der Waals surface area (Å²) < 4.78 is 3.09. The summed E-state index contributed by atoms with van der Waals surface area (Å²) in [5.74, 6) is 1.92. The number of aromatic nitrogens is 4. The highest BCUT2D eigenvalue weighted by Crippen LogP contribution is 2.23. The maximum Gasteiger partial charge on any atom is 0.252 e. The highest BCUT2D eigenvalue weighted by Gasteiger charge is 2.17. The number of halogens is 1. The number of aryl methyl sites for hydroxylation is 2. The summed E-state index contributed by atoms with van der Waals surface area (Å²) in [5.41, 5.74) is 2.30. The molecule has 0 saturated heterocycles. The minimum Gasteiger partial charge on any atom is -0.352 e. The Labute approximate surface area is 153 Å². The molecule has 3 heterocycles. The number of nitrogens with zero attached hydrogens (tertiary/aromatic N) is 4. The van der Waals surface area contributed by atoms with E-state index in [0.29, 0.717) is 18.5 Å². The van der Waals surface area contributed by atoms with Crippen molar-refractivity contribution in [3.8, 4) is 0 Å². The van der Waals surface area contributed by atoms with Gasteiger partial charge in [-0.1, -0.05) is 15.9 Å². The molecule has 25 heavy (non-hydrogen) atoms. The summed E-state index contributed by atoms with van der Waals surface area (Å²) in [6.07, 6.45) is 2.81. The number of amides is 1. The quantitative estimate of drug-likeness (QED) is 0.731. The van der Waals surface area contributed by atoms with Crippen molar-refractivity contribution >= 4 is 32.7 Å². The van der Waals surface area contributed by atoms with Crippen molar-refractivity contribution in [1.82, 2.24) is 25.1 Å². The van der Waals surface area contributed by atoms with Crippen molar-refractivity contribution in [3.05, 3.63) is 51.6 Å². The molecule has 0 aliphatic carbocycles. The molecule has 128 valence electrons. The Bertz CT molecular complexity index is 965. The van der Waals surface area contributed by atoms with Gasteiger partial charge in [0.05, 0.1) is 11.1 Å². The Balaban J connectivity index is 1.51. The molecule has 3 aromatic rings. The van der Waals surface area contributed by atoms with Crippen LogP contribution < -0.4 is 5.32 Å². The van der Waals surface area contributed by atoms with Gasteiger partial charge < -0.3 is 9.88 Å². The van der Waals surface area contributed by atoms with Crippen LogP contribution in [0.3, 0.4) is 0 Å². The van der Waals surface area contributed by atoms with Gasteiger partial charge in [0.1, 0.15) is 11.6 Å². The molecule has 4 rings (SSSR count). The molecule has 0 spiro atoms. The third-order valence-corrected chi connectivity index (χ3v) is 4.96. The zero-order valence-electron chi connectivity index (χ0n) is 13.9. The highest BCUT2D eigenvalue weighted by atomic mass is 79.9. The maximum atomic E-state index is 12.7. The highest BCUT2D eigenvalue weighted by molar-refractivity contribution is 9.10. The van der Waals surface area contributed by atoms with Crippen molar-refractivity contribution in [2.75, 3.05) is 6.54 Å². The second-order valence-corrected chi connectivity index (χ2v) is 7.18. The van der Waals surface area contributed by atoms with Gasteiger partial charge in [0.2, 0.25) is 0 Å². The smallest absolute Gasteiger partial charge is 0.252 e. The second kappa shape index (κ2) is 6.55. The SMILES string of the molecule is Cc1cc(C(=O)NCCc2nnc3n2CCC3)c2cc(Br)ccc2n1. The van der Waals surface area contributed by atoms with Gasteiger partial charge in [-0.15, -0.1) is 10.2 Å². The molecule has 1 aromatic carbocycles. The monoisotopic (exact) mass is 399 g/mol. The molecule has 1 amide bonds. The summed E-state index contributed by atoms with van der Waals surface area (Å²) in [6, 6.07) is 7.62. The van der Waals surface area contributed by atoms with Crippen LogP contribution >= 0.6 is 15.9 Å². The molecular formula is C18H18BrN5O. The number of nitrogens with one attached hydrogen (secondary N) is 1. The molecule has 0 fully saturated rings. The van der Waals surface area contributed by atoms with E-state index in [9.17, 15) is 4.79 Å². The molecule has 1 N–H and O–H groups in total. The van der Waals surface area contributed by atoms with E-state index in [1.807, 2.05) is 31.2 Å². The first-order valence-electron chi connectivity index (χ1n) is 8.38. The van der Waals surface area contributed by atoms with Crippen LogP contribution in [-0.2, 0) is 19.4 Å². The van der Waals surface area contributed by atoms with E-state index in [0.717, 1.165) is 52.1 Å². The summed E-state index contributed by atoms with van der Waals surface area (Å²) >= 11 is 3.46. The number of hydrogen-bond donors (Lipinski definition) is 1. The van der Waals surface area contributed by atoms with Crippen LogP contribution in [0.5, 0.6) is 0 Å². The molecule has 0 atom stereocenters. The third kappa shape index (κ3) is 3.16. The zero-order valence-corrected chi connectivity index (χ0v) is 15.5. The van der Waals surface area contributed by atoms with E-state index < -0.39 is 0 Å². The second-order valence-electron chi connectivity index (χ2n) is 6.27. The number of pyridine rings is 1. The fourth-order valence-electron chi connectivity index (χ4n) is 3.30. The van der Waals surface area contributed by atoms with Gasteiger partial charge in [-0.25, -0.2) is 0 Å². The van der Waals surface area contributed by atoms with Crippen molar-refractivity contribution < 1.29 is 4.79 Å². The average molecular weight is 400 g/mol. The van der Waals surface area contributed by atoms with Crippen molar-refractivity contribution in [2.45, 2.75) is 32.7 Å². The van der Waals surface area contributed by atoms with E-state index in [-0.39, 0.29) is 5.91 Å². The lowest BCUT2D eigenvalue weighted by molar-refractivity contribution is 0.0955. The van der Waals surface area contributed by atoms with Crippen LogP contribution in [0.4, 0.5) is 0 Å². The Kier molecular flexibility index (Phi) is 4.25. The van der Waals surface area contributed by atoms with Crippen LogP contribution in [0.1, 0.15) is 34.1 Å². The molecule has 2 aromatic heterocycles. The number of hydrogen-bond acceptors (Lipinski definition) is 4. The van der Waals surface area contributed by atoms with Gasteiger partial charge in [-0.2, -0.15) is 0 Å². The van der Waals surface area contributed by atoms with E-state index in [2.05, 4.69) is 41.0 Å². The Morgan fingerprint density at radius 1 is 1.32 bits per heavy atom. The van der Waals surface area contributed by atoms with Gasteiger partial charge in [-0.05, 0) is 37.6 Å². The van der Waals surface area contributed by atoms with Gasteiger partial charge >= 0.3 is 0 Å². The lowest BCUT2D eigenvalue weighted by atomic mass is 10.1. The number of rotatable bonds is 4. The molecule has 0 unspecified atom stereocenters. The van der Waals surface area contributed by atoms with Gasteiger partial charge in [0, 0.05) is 41.5 Å². The number of carbonyl (C=O) groups excluding carboxylic acids is 1. The molecule has 0 saturated carbocycles. The average Bonchev–Trinajstić information content (AvgIpc) is 3.19. The van der Waals surface area contributed by atoms with Gasteiger partial charge in [-0.3, -0.25) is 9.78 Å². The minimum absolute atomic E-state index is 0.0882. The zero-order chi connectivity index (χ0) is 17.4. The van der Waals surface area contributed by atoms with E-state index >= 15 is 0 Å². The van der Waals surface area contributed by atoms with Crippen LogP contribution in [-0.4, -0.2) is 32.2 Å². The van der Waals surface area contributed by atoms with Gasteiger partial charge in [0.25, 0.3) is 5.91 Å². The summed E-state index contributed by atoms with van der Waals surface area (Å²) in [6.45, 7) is 3.42. The summed E-state index contributed by atoms with van der Waals surface area (Å²) in [4.78, 5) is 17.2. The van der Waals surface area contributed by atoms with Crippen LogP contribution in [0, 0.1) is 6.92 Å². The fraction of sp³-hybridized carbons (Fsp3) is 0.333. The predicted octanol–water partition coefficient (Wildman–Crippen LogP) is 2.82. The largest absolute Gasteiger partial charge is 0.352 e. The molecule has 7 heteroatoms. The topological polar surface area (TPSA) is 72.7 Å². The molecule has 1 aliphatic rings. The number of carbonyl (C=O) groups is 1. The first kappa shape index (κ1) is 16.2. The molecule has 0 bridgehead atoms. The maximum absolute atomic E-state index is 12.7. The van der Waals surface area contributed by atoms with Crippen molar-refractivity contribution in [2.24, 2.45) is 0 Å². The molecule has 6 nitrogen and oxygen atoms in total. The third-order valence-electron chi connectivity index (χ3n) is 4.46. The van der Waals surface area contributed by atoms with E-state index in [1.54, 1.807) is 0 Å². The van der Waals surface area contributed by atoms with Crippen molar-refractivity contribution in [3.63, 3.8) is 0 Å². The van der Waals surface area contributed by atoms with E-state index in [1.165, 1.54) is 0 Å². The molecular weight excluding hydrogens is 382 g/mol. The Morgan fingerprint density at radius 3 is 3.08 bits per heavy atom. The van der Waals surface area contributed by atoms with E-state index in [4.69, 9.17) is 0 Å². The Hall–Kier alpha value is -2.28. The Morgan fingerprint density at radius 2 is 2.20 bits per heavy atom. The van der Waals surface area contributed by atoms with Gasteiger partial charge in [0.15, 0.2) is 0 Å². The number of benzene rings is 1. The first-order chi connectivity index (χ1) is 12.1. The molecule has 1 aliphatic heterocycles. The standard InChI is InChI=1S/C18H18BrN5O/c1-11-9-14(13-10-12(19)4-5-15(13)21-11)18(25)20-7-6-17-23-22-16-3-2-8-24(16)17/h4-5,9-10H,2-3,6-8H2,1H3,(H,20,25). The minimum atomic E-state index is -0.0882. The predicted molar refractivity (Wildman–Crippen MR) is 98.6 cm³/mol. The number of fused-ring (bicyclic) bond motifs is 2. The van der Waals surface area contributed by atoms with Crippen LogP contribution in [0.15, 0.2) is 28.7 Å². The first-order valence-corrected chi connectivity index (χ1v) is 9.17. The lowest BCUT2D eigenvalue weighted by Gasteiger charge is -2.09.